The van der Waals surface area contributed by atoms with E-state index in [9.17, 15) is 8.42 Å². The van der Waals surface area contributed by atoms with Gasteiger partial charge in [0.2, 0.25) is 10.0 Å². The van der Waals surface area contributed by atoms with Crippen LogP contribution in [0.2, 0.25) is 0 Å². The molecular weight excluding hydrogens is 212 g/mol. The third-order valence-corrected chi connectivity index (χ3v) is 6.55. The summed E-state index contributed by atoms with van der Waals surface area (Å²) in [4.78, 5) is 0. The standard InChI is InChI=1S/C10H20N2O2S/c11-9-10(5-4-6-10)15(13,14)12-7-2-1-3-8-12/h1-9,11H2. The summed E-state index contributed by atoms with van der Waals surface area (Å²) in [5.41, 5.74) is 5.66. The number of sulfonamides is 1. The SMILES string of the molecule is NCC1(S(=O)(=O)N2CCCCC2)CCC1. The molecule has 88 valence electrons. The quantitative estimate of drug-likeness (QED) is 0.778. The van der Waals surface area contributed by atoms with E-state index in [2.05, 4.69) is 0 Å². The van der Waals surface area contributed by atoms with Gasteiger partial charge in [-0.15, -0.1) is 0 Å². The number of hydrogen-bond acceptors (Lipinski definition) is 3. The molecule has 1 saturated carbocycles. The van der Waals surface area contributed by atoms with Crippen LogP contribution in [-0.4, -0.2) is 37.1 Å². The Hall–Kier alpha value is -0.130. The second-order valence-electron chi connectivity index (χ2n) is 4.71. The predicted octanol–water partition coefficient (Wildman–Crippen LogP) is 0.683. The van der Waals surface area contributed by atoms with E-state index in [-0.39, 0.29) is 6.54 Å². The van der Waals surface area contributed by atoms with Crippen LogP contribution in [0.3, 0.4) is 0 Å². The Balaban J connectivity index is 2.17. The summed E-state index contributed by atoms with van der Waals surface area (Å²) in [5.74, 6) is 0. The van der Waals surface area contributed by atoms with Crippen molar-refractivity contribution in [2.75, 3.05) is 19.6 Å². The minimum Gasteiger partial charge on any atom is -0.329 e. The average molecular weight is 232 g/mol. The molecule has 0 aromatic heterocycles. The van der Waals surface area contributed by atoms with Gasteiger partial charge in [0.05, 0.1) is 4.75 Å². The fourth-order valence-corrected chi connectivity index (χ4v) is 4.82. The van der Waals surface area contributed by atoms with Crippen LogP contribution in [-0.2, 0) is 10.0 Å². The van der Waals surface area contributed by atoms with Crippen LogP contribution in [0.1, 0.15) is 38.5 Å². The van der Waals surface area contributed by atoms with Crippen LogP contribution >= 0.6 is 0 Å². The van der Waals surface area contributed by atoms with E-state index in [1.54, 1.807) is 4.31 Å². The highest BCUT2D eigenvalue weighted by atomic mass is 32.2. The van der Waals surface area contributed by atoms with E-state index in [1.165, 1.54) is 0 Å². The van der Waals surface area contributed by atoms with Crippen molar-refractivity contribution in [1.82, 2.24) is 4.31 Å². The van der Waals surface area contributed by atoms with Crippen molar-refractivity contribution in [2.24, 2.45) is 5.73 Å². The van der Waals surface area contributed by atoms with Gasteiger partial charge >= 0.3 is 0 Å². The zero-order chi connectivity index (χ0) is 10.9. The van der Waals surface area contributed by atoms with Gasteiger partial charge in [0.25, 0.3) is 0 Å². The fourth-order valence-electron chi connectivity index (χ4n) is 2.52. The topological polar surface area (TPSA) is 63.4 Å². The Morgan fingerprint density at radius 1 is 1.07 bits per heavy atom. The van der Waals surface area contributed by atoms with Gasteiger partial charge in [-0.25, -0.2) is 12.7 Å². The van der Waals surface area contributed by atoms with Gasteiger partial charge in [-0.3, -0.25) is 0 Å². The first-order chi connectivity index (χ1) is 7.12. The molecule has 0 aromatic rings. The lowest BCUT2D eigenvalue weighted by atomic mass is 9.84. The van der Waals surface area contributed by atoms with E-state index in [1.807, 2.05) is 0 Å². The monoisotopic (exact) mass is 232 g/mol. The Morgan fingerprint density at radius 3 is 2.07 bits per heavy atom. The molecule has 0 atom stereocenters. The van der Waals surface area contributed by atoms with Gasteiger partial charge in [-0.05, 0) is 25.7 Å². The largest absolute Gasteiger partial charge is 0.329 e. The molecule has 0 unspecified atom stereocenters. The average Bonchev–Trinajstić information content (AvgIpc) is 2.18. The number of rotatable bonds is 3. The van der Waals surface area contributed by atoms with E-state index in [4.69, 9.17) is 5.73 Å². The minimum absolute atomic E-state index is 0.284. The van der Waals surface area contributed by atoms with Crippen LogP contribution in [0.4, 0.5) is 0 Å². The molecule has 2 rings (SSSR count). The molecular formula is C10H20N2O2S. The highest BCUT2D eigenvalue weighted by Gasteiger charge is 2.50. The molecule has 1 aliphatic heterocycles. The highest BCUT2D eigenvalue weighted by molar-refractivity contribution is 7.90. The predicted molar refractivity (Wildman–Crippen MR) is 60.0 cm³/mol. The van der Waals surface area contributed by atoms with Crippen molar-refractivity contribution < 1.29 is 8.42 Å². The molecule has 2 N–H and O–H groups in total. The smallest absolute Gasteiger partial charge is 0.221 e. The summed E-state index contributed by atoms with van der Waals surface area (Å²) >= 11 is 0. The molecule has 2 fully saturated rings. The summed E-state index contributed by atoms with van der Waals surface area (Å²) < 4.78 is 25.8. The normalized spacial score (nSPS) is 27.3. The van der Waals surface area contributed by atoms with E-state index in [0.29, 0.717) is 13.1 Å². The van der Waals surface area contributed by atoms with Crippen LogP contribution in [0.15, 0.2) is 0 Å². The zero-order valence-electron chi connectivity index (χ0n) is 9.11. The van der Waals surface area contributed by atoms with Crippen molar-refractivity contribution in [3.63, 3.8) is 0 Å². The maximum atomic E-state index is 12.4. The molecule has 1 saturated heterocycles. The lowest BCUT2D eigenvalue weighted by molar-refractivity contribution is 0.287. The molecule has 2 aliphatic rings. The zero-order valence-corrected chi connectivity index (χ0v) is 9.93. The molecule has 15 heavy (non-hydrogen) atoms. The van der Waals surface area contributed by atoms with Crippen LogP contribution in [0.25, 0.3) is 0 Å². The van der Waals surface area contributed by atoms with Crippen molar-refractivity contribution in [2.45, 2.75) is 43.3 Å². The second kappa shape index (κ2) is 4.03. The molecule has 0 radical (unpaired) electrons. The summed E-state index contributed by atoms with van der Waals surface area (Å²) in [6.45, 7) is 1.68. The van der Waals surface area contributed by atoms with Gasteiger partial charge < -0.3 is 5.73 Å². The number of hydrogen-bond donors (Lipinski definition) is 1. The Bertz CT molecular complexity index is 311. The summed E-state index contributed by atoms with van der Waals surface area (Å²) in [7, 11) is -3.13. The van der Waals surface area contributed by atoms with Gasteiger partial charge in [0.15, 0.2) is 0 Å². The van der Waals surface area contributed by atoms with Crippen molar-refractivity contribution >= 4 is 10.0 Å². The maximum absolute atomic E-state index is 12.4. The summed E-state index contributed by atoms with van der Waals surface area (Å²) in [6, 6.07) is 0. The van der Waals surface area contributed by atoms with E-state index >= 15 is 0 Å². The first kappa shape index (κ1) is 11.4. The van der Waals surface area contributed by atoms with Crippen molar-refractivity contribution in [1.29, 1.82) is 0 Å². The number of nitrogens with zero attached hydrogens (tertiary/aromatic N) is 1. The molecule has 5 heteroatoms. The number of nitrogens with two attached hydrogens (primary N) is 1. The second-order valence-corrected chi connectivity index (χ2v) is 7.04. The Morgan fingerprint density at radius 2 is 1.67 bits per heavy atom. The Kier molecular flexibility index (Phi) is 3.05. The third-order valence-electron chi connectivity index (χ3n) is 3.84. The van der Waals surface area contributed by atoms with Crippen molar-refractivity contribution in [3.8, 4) is 0 Å². The molecule has 0 spiro atoms. The molecule has 4 nitrogen and oxygen atoms in total. The molecule has 0 amide bonds. The van der Waals surface area contributed by atoms with Gasteiger partial charge in [-0.1, -0.05) is 12.8 Å². The van der Waals surface area contributed by atoms with Gasteiger partial charge in [0, 0.05) is 19.6 Å². The van der Waals surface area contributed by atoms with Crippen LogP contribution in [0, 0.1) is 0 Å². The van der Waals surface area contributed by atoms with E-state index < -0.39 is 14.8 Å². The highest BCUT2D eigenvalue weighted by Crippen LogP contribution is 2.40. The first-order valence-electron chi connectivity index (χ1n) is 5.82. The maximum Gasteiger partial charge on any atom is 0.221 e. The molecule has 1 aliphatic carbocycles. The van der Waals surface area contributed by atoms with Gasteiger partial charge in [-0.2, -0.15) is 0 Å². The van der Waals surface area contributed by atoms with Crippen LogP contribution in [0.5, 0.6) is 0 Å². The molecule has 1 heterocycles. The molecule has 0 bridgehead atoms. The summed E-state index contributed by atoms with van der Waals surface area (Å²) in [5, 5.41) is 0. The van der Waals surface area contributed by atoms with Gasteiger partial charge in [0.1, 0.15) is 0 Å². The number of piperidine rings is 1. The van der Waals surface area contributed by atoms with Crippen molar-refractivity contribution in [3.05, 3.63) is 0 Å². The lowest BCUT2D eigenvalue weighted by Gasteiger charge is -2.44. The fraction of sp³-hybridized carbons (Fsp3) is 1.00. The first-order valence-corrected chi connectivity index (χ1v) is 7.26. The molecule has 0 aromatic carbocycles. The lowest BCUT2D eigenvalue weighted by Crippen LogP contribution is -2.57. The van der Waals surface area contributed by atoms with Crippen LogP contribution < -0.4 is 5.73 Å². The Labute approximate surface area is 91.9 Å². The minimum atomic E-state index is -3.13. The third kappa shape index (κ3) is 1.70. The van der Waals surface area contributed by atoms with E-state index in [0.717, 1.165) is 38.5 Å². The summed E-state index contributed by atoms with van der Waals surface area (Å²) in [6.07, 6.45) is 5.66.